The van der Waals surface area contributed by atoms with E-state index < -0.39 is 4.92 Å². The molecule has 0 saturated carbocycles. The fraction of sp³-hybridized carbons (Fsp3) is 0.538. The van der Waals surface area contributed by atoms with E-state index in [1.165, 1.54) is 69.8 Å². The van der Waals surface area contributed by atoms with Crippen LogP contribution >= 0.6 is 23.2 Å². The van der Waals surface area contributed by atoms with Crippen LogP contribution in [0.15, 0.2) is 36.4 Å². The maximum absolute atomic E-state index is 10.7. The molecule has 2 saturated heterocycles. The number of nitro benzene ring substituents is 1. The van der Waals surface area contributed by atoms with Gasteiger partial charge in [0.05, 0.1) is 21.0 Å². The van der Waals surface area contributed by atoms with Gasteiger partial charge in [0.2, 0.25) is 0 Å². The molecular weight excluding hydrogens is 503 g/mol. The zero-order valence-corrected chi connectivity index (χ0v) is 22.2. The van der Waals surface area contributed by atoms with Crippen LogP contribution in [0.25, 0.3) is 0 Å². The largest absolute Gasteiger partial charge is 0.491 e. The van der Waals surface area contributed by atoms with Crippen LogP contribution in [0.1, 0.15) is 38.5 Å². The first-order valence-corrected chi connectivity index (χ1v) is 13.4. The van der Waals surface area contributed by atoms with Crippen LogP contribution in [-0.2, 0) is 0 Å². The number of nitrogens with two attached hydrogens (primary N) is 1. The Morgan fingerprint density at radius 3 is 1.75 bits per heavy atom. The monoisotopic (exact) mass is 538 g/mol. The molecule has 0 spiro atoms. The third-order valence-corrected chi connectivity index (χ3v) is 6.93. The van der Waals surface area contributed by atoms with Crippen molar-refractivity contribution < 1.29 is 14.4 Å². The van der Waals surface area contributed by atoms with E-state index in [9.17, 15) is 10.1 Å². The van der Waals surface area contributed by atoms with Crippen molar-refractivity contribution in [3.8, 4) is 11.5 Å². The second kappa shape index (κ2) is 15.1. The molecule has 0 radical (unpaired) electrons. The van der Waals surface area contributed by atoms with Crippen LogP contribution < -0.4 is 15.2 Å². The number of rotatable bonds is 9. The summed E-state index contributed by atoms with van der Waals surface area (Å²) in [5, 5.41) is 11.7. The van der Waals surface area contributed by atoms with Gasteiger partial charge >= 0.3 is 0 Å². The number of non-ortho nitro benzene ring substituents is 1. The lowest BCUT2D eigenvalue weighted by Crippen LogP contribution is -2.33. The SMILES string of the molecule is Nc1ccc(Cl)c(OCCN2CCCCC2)c1.O=[N+]([O-])c1ccc(Cl)c(OCCN2CCCCC2)c1. The second-order valence-electron chi connectivity index (χ2n) is 9.06. The minimum Gasteiger partial charge on any atom is -0.491 e. The number of anilines is 1. The van der Waals surface area contributed by atoms with E-state index >= 15 is 0 Å². The zero-order chi connectivity index (χ0) is 25.8. The van der Waals surface area contributed by atoms with E-state index in [2.05, 4.69) is 9.80 Å². The summed E-state index contributed by atoms with van der Waals surface area (Å²) in [5.41, 5.74) is 6.37. The Bertz CT molecular complexity index is 967. The van der Waals surface area contributed by atoms with Crippen LogP contribution in [0.4, 0.5) is 11.4 Å². The first kappa shape index (κ1) is 28.3. The molecule has 0 bridgehead atoms. The summed E-state index contributed by atoms with van der Waals surface area (Å²) in [5.74, 6) is 1.07. The number of piperidine rings is 2. The lowest BCUT2D eigenvalue weighted by molar-refractivity contribution is -0.384. The summed E-state index contributed by atoms with van der Waals surface area (Å²) in [6.45, 7) is 7.55. The standard InChI is InChI=1S/C13H17ClN2O3.C13H19ClN2O/c14-12-5-4-11(16(17)18)10-13(12)19-9-8-15-6-2-1-3-7-15;14-12-5-4-11(15)10-13(12)17-9-8-16-6-2-1-3-7-16/h4-5,10H,1-3,6-9H2;4-5,10H,1-3,6-9,15H2. The second-order valence-corrected chi connectivity index (χ2v) is 9.88. The molecule has 0 unspecified atom stereocenters. The quantitative estimate of drug-likeness (QED) is 0.241. The highest BCUT2D eigenvalue weighted by molar-refractivity contribution is 6.32. The third-order valence-electron chi connectivity index (χ3n) is 6.31. The number of hydrogen-bond donors (Lipinski definition) is 1. The molecule has 0 aromatic heterocycles. The maximum atomic E-state index is 10.7. The predicted molar refractivity (Wildman–Crippen MR) is 146 cm³/mol. The molecule has 0 atom stereocenters. The Morgan fingerprint density at radius 2 is 1.25 bits per heavy atom. The van der Waals surface area contributed by atoms with Crippen molar-refractivity contribution in [2.75, 3.05) is 58.2 Å². The topological polar surface area (TPSA) is 94.1 Å². The van der Waals surface area contributed by atoms with Crippen molar-refractivity contribution in [2.45, 2.75) is 38.5 Å². The molecule has 10 heteroatoms. The van der Waals surface area contributed by atoms with E-state index in [0.717, 1.165) is 26.2 Å². The average molecular weight is 540 g/mol. The molecule has 4 rings (SSSR count). The molecule has 0 amide bonds. The Labute approximate surface area is 223 Å². The number of halogens is 2. The van der Waals surface area contributed by atoms with Gasteiger partial charge in [-0.2, -0.15) is 0 Å². The van der Waals surface area contributed by atoms with E-state index in [-0.39, 0.29) is 5.69 Å². The van der Waals surface area contributed by atoms with Gasteiger partial charge in [-0.25, -0.2) is 0 Å². The number of hydrogen-bond acceptors (Lipinski definition) is 7. The summed E-state index contributed by atoms with van der Waals surface area (Å²) in [4.78, 5) is 15.0. The van der Waals surface area contributed by atoms with Crippen molar-refractivity contribution in [1.29, 1.82) is 0 Å². The minimum atomic E-state index is -0.451. The molecular formula is C26H36Cl2N4O4. The van der Waals surface area contributed by atoms with Crippen molar-refractivity contribution in [3.63, 3.8) is 0 Å². The average Bonchev–Trinajstić information content (AvgIpc) is 2.89. The van der Waals surface area contributed by atoms with E-state index in [4.69, 9.17) is 38.4 Å². The van der Waals surface area contributed by atoms with E-state index in [0.29, 0.717) is 40.4 Å². The van der Waals surface area contributed by atoms with Gasteiger partial charge in [0, 0.05) is 30.9 Å². The fourth-order valence-corrected chi connectivity index (χ4v) is 4.63. The van der Waals surface area contributed by atoms with Gasteiger partial charge in [-0.05, 0) is 70.1 Å². The number of ether oxygens (including phenoxy) is 2. The Balaban J connectivity index is 0.000000202. The molecule has 2 aliphatic heterocycles. The van der Waals surface area contributed by atoms with Crippen LogP contribution in [0.3, 0.4) is 0 Å². The van der Waals surface area contributed by atoms with Crippen LogP contribution in [0.5, 0.6) is 11.5 Å². The molecule has 2 heterocycles. The molecule has 8 nitrogen and oxygen atoms in total. The number of nitrogen functional groups attached to an aromatic ring is 1. The fourth-order valence-electron chi connectivity index (χ4n) is 4.28. The summed E-state index contributed by atoms with van der Waals surface area (Å²) < 4.78 is 11.2. The van der Waals surface area contributed by atoms with Gasteiger partial charge in [0.25, 0.3) is 5.69 Å². The normalized spacial score (nSPS) is 16.6. The minimum absolute atomic E-state index is 0.00243. The van der Waals surface area contributed by atoms with Crippen LogP contribution in [-0.4, -0.2) is 67.2 Å². The first-order valence-electron chi connectivity index (χ1n) is 12.6. The highest BCUT2D eigenvalue weighted by Gasteiger charge is 2.13. The molecule has 2 fully saturated rings. The van der Waals surface area contributed by atoms with Gasteiger partial charge in [-0.1, -0.05) is 36.0 Å². The van der Waals surface area contributed by atoms with Crippen molar-refractivity contribution in [1.82, 2.24) is 9.80 Å². The number of likely N-dealkylation sites (tertiary alicyclic amines) is 2. The number of nitro groups is 1. The van der Waals surface area contributed by atoms with Crippen molar-refractivity contribution in [2.24, 2.45) is 0 Å². The summed E-state index contributed by atoms with van der Waals surface area (Å²) in [6.07, 6.45) is 7.74. The van der Waals surface area contributed by atoms with Crippen molar-refractivity contribution in [3.05, 3.63) is 56.6 Å². The van der Waals surface area contributed by atoms with Gasteiger partial charge < -0.3 is 15.2 Å². The molecule has 198 valence electrons. The summed E-state index contributed by atoms with van der Waals surface area (Å²) in [7, 11) is 0. The first-order chi connectivity index (χ1) is 17.4. The lowest BCUT2D eigenvalue weighted by Gasteiger charge is -2.26. The summed E-state index contributed by atoms with van der Waals surface area (Å²) >= 11 is 12.0. The highest BCUT2D eigenvalue weighted by Crippen LogP contribution is 2.29. The number of nitrogens with zero attached hydrogens (tertiary/aromatic N) is 3. The number of benzene rings is 2. The van der Waals surface area contributed by atoms with Gasteiger partial charge in [-0.15, -0.1) is 0 Å². The highest BCUT2D eigenvalue weighted by atomic mass is 35.5. The van der Waals surface area contributed by atoms with Gasteiger partial charge in [0.1, 0.15) is 24.7 Å². The Morgan fingerprint density at radius 1 is 0.778 bits per heavy atom. The molecule has 2 aromatic carbocycles. The third kappa shape index (κ3) is 9.65. The van der Waals surface area contributed by atoms with Crippen molar-refractivity contribution >= 4 is 34.6 Å². The van der Waals surface area contributed by atoms with Gasteiger partial charge in [-0.3, -0.25) is 19.9 Å². The molecule has 2 aromatic rings. The van der Waals surface area contributed by atoms with Gasteiger partial charge in [0.15, 0.2) is 0 Å². The van der Waals surface area contributed by atoms with E-state index in [1.54, 1.807) is 18.2 Å². The molecule has 36 heavy (non-hydrogen) atoms. The Kier molecular flexibility index (Phi) is 11.9. The molecule has 2 aliphatic rings. The smallest absolute Gasteiger partial charge is 0.273 e. The zero-order valence-electron chi connectivity index (χ0n) is 20.7. The predicted octanol–water partition coefficient (Wildman–Crippen LogP) is 5.90. The molecule has 0 aliphatic carbocycles. The maximum Gasteiger partial charge on any atom is 0.273 e. The summed E-state index contributed by atoms with van der Waals surface area (Å²) in [6, 6.07) is 9.57. The molecule has 2 N–H and O–H groups in total. The Hall–Kier alpha value is -2.26. The van der Waals surface area contributed by atoms with E-state index in [1.807, 2.05) is 0 Å². The lowest BCUT2D eigenvalue weighted by atomic mass is 10.1. The van der Waals surface area contributed by atoms with Crippen LogP contribution in [0.2, 0.25) is 10.0 Å². The van der Waals surface area contributed by atoms with Crippen LogP contribution in [0, 0.1) is 10.1 Å².